The molecule has 0 spiro atoms. The van der Waals surface area contributed by atoms with Gasteiger partial charge in [0, 0.05) is 17.3 Å². The second kappa shape index (κ2) is 5.59. The smallest absolute Gasteiger partial charge is 0.335 e. The normalized spacial score (nSPS) is 13.7. The van der Waals surface area contributed by atoms with Crippen LogP contribution < -0.4 is 4.74 Å². The van der Waals surface area contributed by atoms with Gasteiger partial charge in [0.2, 0.25) is 0 Å². The molecule has 0 saturated carbocycles. The first-order valence-corrected chi connectivity index (χ1v) is 5.08. The average Bonchev–Trinajstić information content (AvgIpc) is 2.35. The lowest BCUT2D eigenvalue weighted by atomic mass is 10.0. The van der Waals surface area contributed by atoms with E-state index in [1.54, 1.807) is 0 Å². The third kappa shape index (κ3) is 2.77. The molecule has 0 saturated heterocycles. The number of nitrogens with zero attached hydrogens (tertiary/aromatic N) is 2. The van der Waals surface area contributed by atoms with Crippen LogP contribution in [0.25, 0.3) is 0 Å². The molecule has 2 atom stereocenters. The Labute approximate surface area is 107 Å². The van der Waals surface area contributed by atoms with Gasteiger partial charge in [-0.2, -0.15) is 0 Å². The summed E-state index contributed by atoms with van der Waals surface area (Å²) in [6.07, 6.45) is -2.90. The lowest BCUT2D eigenvalue weighted by molar-refractivity contribution is -0.386. The number of rotatable bonds is 5. The van der Waals surface area contributed by atoms with E-state index < -0.39 is 28.8 Å². The second-order valence-corrected chi connectivity index (χ2v) is 3.68. The molecule has 9 heteroatoms. The van der Waals surface area contributed by atoms with E-state index in [4.69, 9.17) is 9.84 Å². The van der Waals surface area contributed by atoms with E-state index in [-0.39, 0.29) is 17.0 Å². The zero-order chi connectivity index (χ0) is 14.7. The van der Waals surface area contributed by atoms with Crippen LogP contribution in [0.1, 0.15) is 17.2 Å². The van der Waals surface area contributed by atoms with Crippen LogP contribution in [0.2, 0.25) is 0 Å². The highest BCUT2D eigenvalue weighted by molar-refractivity contribution is 5.73. The molecule has 0 aliphatic rings. The number of pyridine rings is 1. The van der Waals surface area contributed by atoms with Crippen molar-refractivity contribution in [1.82, 2.24) is 4.98 Å². The maximum absolute atomic E-state index is 10.9. The number of carbonyl (C=O) groups is 1. The number of nitro groups is 1. The third-order valence-corrected chi connectivity index (χ3v) is 2.56. The fourth-order valence-corrected chi connectivity index (χ4v) is 1.55. The number of carboxylic acids is 1. The third-order valence-electron chi connectivity index (χ3n) is 2.56. The minimum atomic E-state index is -2.10. The average molecular weight is 272 g/mol. The minimum Gasteiger partial charge on any atom is -0.479 e. The Hall–Kier alpha value is -2.26. The summed E-state index contributed by atoms with van der Waals surface area (Å²) in [6.45, 7) is 1.30. The number of aliphatic hydroxyl groups excluding tert-OH is 2. The van der Waals surface area contributed by atoms with Crippen LogP contribution in [-0.2, 0) is 4.79 Å². The molecule has 3 N–H and O–H groups in total. The van der Waals surface area contributed by atoms with Crippen LogP contribution in [0.5, 0.6) is 5.88 Å². The number of methoxy groups -OCH3 is 1. The number of aromatic nitrogens is 1. The van der Waals surface area contributed by atoms with Crippen molar-refractivity contribution in [3.63, 3.8) is 0 Å². The predicted octanol–water partition coefficient (Wildman–Crippen LogP) is -0.214. The lowest BCUT2D eigenvalue weighted by Crippen LogP contribution is -2.28. The molecule has 1 aromatic rings. The fraction of sp³-hybridized carbons (Fsp3) is 0.400. The van der Waals surface area contributed by atoms with Crippen molar-refractivity contribution >= 4 is 11.7 Å². The molecule has 0 aliphatic heterocycles. The Morgan fingerprint density at radius 1 is 1.53 bits per heavy atom. The number of aliphatic carboxylic acids is 1. The monoisotopic (exact) mass is 272 g/mol. The standard InChI is InChI=1S/C10H12N2O7/c1-4-5(7(13)8(14)10(15)16)3-11-9(19-2)6(4)12(17)18/h3,7-8,13-14H,1-2H3,(H,15,16). The summed E-state index contributed by atoms with van der Waals surface area (Å²) in [5, 5.41) is 38.4. The molecular formula is C10H12N2O7. The Balaban J connectivity index is 3.35. The molecule has 1 rings (SSSR count). The number of carboxylic acid groups (broad SMARTS) is 1. The maximum Gasteiger partial charge on any atom is 0.335 e. The Kier molecular flexibility index (Phi) is 4.35. The SMILES string of the molecule is COc1ncc(C(O)C(O)C(=O)O)c(C)c1[N+](=O)[O-]. The van der Waals surface area contributed by atoms with E-state index in [1.165, 1.54) is 14.0 Å². The van der Waals surface area contributed by atoms with Gasteiger partial charge in [-0.3, -0.25) is 10.1 Å². The van der Waals surface area contributed by atoms with Crippen molar-refractivity contribution in [2.45, 2.75) is 19.1 Å². The van der Waals surface area contributed by atoms with Crippen molar-refractivity contribution in [3.05, 3.63) is 27.4 Å². The summed E-state index contributed by atoms with van der Waals surface area (Å²) in [7, 11) is 1.19. The molecule has 19 heavy (non-hydrogen) atoms. The van der Waals surface area contributed by atoms with Crippen molar-refractivity contribution in [2.75, 3.05) is 7.11 Å². The molecule has 0 radical (unpaired) electrons. The maximum atomic E-state index is 10.9. The van der Waals surface area contributed by atoms with Crippen LogP contribution >= 0.6 is 0 Å². The topological polar surface area (TPSA) is 143 Å². The first-order valence-electron chi connectivity index (χ1n) is 5.08. The van der Waals surface area contributed by atoms with Gasteiger partial charge in [-0.15, -0.1) is 0 Å². The Morgan fingerprint density at radius 3 is 2.53 bits per heavy atom. The fourth-order valence-electron chi connectivity index (χ4n) is 1.55. The van der Waals surface area contributed by atoms with E-state index in [9.17, 15) is 25.1 Å². The number of ether oxygens (including phenoxy) is 1. The molecule has 0 aromatic carbocycles. The molecule has 0 aliphatic carbocycles. The summed E-state index contributed by atoms with van der Waals surface area (Å²) >= 11 is 0. The van der Waals surface area contributed by atoms with Crippen molar-refractivity contribution in [3.8, 4) is 5.88 Å². The summed E-state index contributed by atoms with van der Waals surface area (Å²) in [6, 6.07) is 0. The highest BCUT2D eigenvalue weighted by Crippen LogP contribution is 2.33. The van der Waals surface area contributed by atoms with Crippen molar-refractivity contribution in [1.29, 1.82) is 0 Å². The van der Waals surface area contributed by atoms with Gasteiger partial charge < -0.3 is 20.1 Å². The van der Waals surface area contributed by atoms with Gasteiger partial charge in [-0.1, -0.05) is 0 Å². The van der Waals surface area contributed by atoms with Crippen LogP contribution in [0.3, 0.4) is 0 Å². The van der Waals surface area contributed by atoms with Gasteiger partial charge in [-0.25, -0.2) is 9.78 Å². The van der Waals surface area contributed by atoms with Crippen LogP contribution in [0.4, 0.5) is 5.69 Å². The molecule has 104 valence electrons. The molecule has 0 amide bonds. The summed E-state index contributed by atoms with van der Waals surface area (Å²) in [4.78, 5) is 24.3. The zero-order valence-corrected chi connectivity index (χ0v) is 10.1. The van der Waals surface area contributed by atoms with E-state index in [2.05, 4.69) is 4.98 Å². The Bertz CT molecular complexity index is 517. The molecule has 9 nitrogen and oxygen atoms in total. The second-order valence-electron chi connectivity index (χ2n) is 3.68. The van der Waals surface area contributed by atoms with Gasteiger partial charge in [0.1, 0.15) is 6.10 Å². The van der Waals surface area contributed by atoms with Crippen LogP contribution in [0.15, 0.2) is 6.20 Å². The Morgan fingerprint density at radius 2 is 2.11 bits per heavy atom. The quantitative estimate of drug-likeness (QED) is 0.493. The van der Waals surface area contributed by atoms with Gasteiger partial charge in [0.15, 0.2) is 6.10 Å². The van der Waals surface area contributed by atoms with Gasteiger partial charge >= 0.3 is 11.7 Å². The predicted molar refractivity (Wildman–Crippen MR) is 60.8 cm³/mol. The number of aliphatic hydroxyl groups is 2. The minimum absolute atomic E-state index is 0.0235. The van der Waals surface area contributed by atoms with E-state index in [0.29, 0.717) is 0 Å². The molecule has 2 unspecified atom stereocenters. The molecule has 0 bridgehead atoms. The van der Waals surface area contributed by atoms with Gasteiger partial charge in [-0.05, 0) is 6.92 Å². The molecule has 1 heterocycles. The molecular weight excluding hydrogens is 260 g/mol. The van der Waals surface area contributed by atoms with E-state index in [0.717, 1.165) is 6.20 Å². The molecule has 1 aromatic heterocycles. The number of hydrogen-bond acceptors (Lipinski definition) is 7. The van der Waals surface area contributed by atoms with Crippen molar-refractivity contribution < 1.29 is 29.8 Å². The molecule has 0 fully saturated rings. The highest BCUT2D eigenvalue weighted by atomic mass is 16.6. The van der Waals surface area contributed by atoms with E-state index >= 15 is 0 Å². The summed E-state index contributed by atoms with van der Waals surface area (Å²) < 4.78 is 4.72. The van der Waals surface area contributed by atoms with Crippen LogP contribution in [-0.4, -0.2) is 44.4 Å². The number of hydrogen-bond donors (Lipinski definition) is 3. The van der Waals surface area contributed by atoms with E-state index in [1.807, 2.05) is 0 Å². The van der Waals surface area contributed by atoms with Gasteiger partial charge in [0.05, 0.1) is 12.0 Å². The summed E-state index contributed by atoms with van der Waals surface area (Å²) in [5.74, 6) is -1.91. The van der Waals surface area contributed by atoms with Crippen molar-refractivity contribution in [2.24, 2.45) is 0 Å². The highest BCUT2D eigenvalue weighted by Gasteiger charge is 2.31. The van der Waals surface area contributed by atoms with Crippen LogP contribution in [0, 0.1) is 17.0 Å². The largest absolute Gasteiger partial charge is 0.479 e. The zero-order valence-electron chi connectivity index (χ0n) is 10.1. The summed E-state index contributed by atoms with van der Waals surface area (Å²) in [5.41, 5.74) is -0.663. The first-order chi connectivity index (χ1) is 8.81. The van der Waals surface area contributed by atoms with Gasteiger partial charge in [0.25, 0.3) is 5.88 Å². The first kappa shape index (κ1) is 14.8. The lowest BCUT2D eigenvalue weighted by Gasteiger charge is -2.16.